The SMILES string of the molecule is Cl.NCCc1ncc(C2CCNC2)cn1. The number of nitrogens with zero attached hydrogens (tertiary/aromatic N) is 2. The fourth-order valence-corrected chi connectivity index (χ4v) is 1.77. The third-order valence-corrected chi connectivity index (χ3v) is 2.62. The molecule has 1 unspecified atom stereocenters. The molecule has 1 aromatic heterocycles. The first-order chi connectivity index (χ1) is 6.90. The molecule has 1 aromatic rings. The first-order valence-corrected chi connectivity index (χ1v) is 5.12. The Morgan fingerprint density at radius 3 is 2.67 bits per heavy atom. The van der Waals surface area contributed by atoms with Gasteiger partial charge in [0.25, 0.3) is 0 Å². The molecule has 0 saturated carbocycles. The van der Waals surface area contributed by atoms with Crippen LogP contribution in [0.25, 0.3) is 0 Å². The van der Waals surface area contributed by atoms with Crippen LogP contribution in [-0.4, -0.2) is 29.6 Å². The quantitative estimate of drug-likeness (QED) is 0.790. The summed E-state index contributed by atoms with van der Waals surface area (Å²) >= 11 is 0. The van der Waals surface area contributed by atoms with E-state index in [-0.39, 0.29) is 12.4 Å². The number of aromatic nitrogens is 2. The van der Waals surface area contributed by atoms with Crippen LogP contribution >= 0.6 is 12.4 Å². The summed E-state index contributed by atoms with van der Waals surface area (Å²) in [5.41, 5.74) is 6.68. The Kier molecular flexibility index (Phi) is 4.94. The van der Waals surface area contributed by atoms with E-state index < -0.39 is 0 Å². The summed E-state index contributed by atoms with van der Waals surface area (Å²) in [7, 11) is 0. The van der Waals surface area contributed by atoms with Crippen molar-refractivity contribution in [3.05, 3.63) is 23.8 Å². The van der Waals surface area contributed by atoms with E-state index in [2.05, 4.69) is 15.3 Å². The van der Waals surface area contributed by atoms with Crippen molar-refractivity contribution in [2.75, 3.05) is 19.6 Å². The molecule has 1 fully saturated rings. The minimum absolute atomic E-state index is 0. The van der Waals surface area contributed by atoms with Gasteiger partial charge in [0.15, 0.2) is 0 Å². The molecule has 3 N–H and O–H groups in total. The number of rotatable bonds is 3. The second-order valence-corrected chi connectivity index (χ2v) is 3.66. The van der Waals surface area contributed by atoms with Gasteiger partial charge in [0, 0.05) is 31.3 Å². The number of hydrogen-bond acceptors (Lipinski definition) is 4. The highest BCUT2D eigenvalue weighted by Crippen LogP contribution is 2.20. The molecule has 1 aliphatic heterocycles. The van der Waals surface area contributed by atoms with Crippen LogP contribution in [0.4, 0.5) is 0 Å². The predicted octanol–water partition coefficient (Wildman–Crippen LogP) is 0.476. The molecule has 0 amide bonds. The van der Waals surface area contributed by atoms with Crippen LogP contribution in [0, 0.1) is 0 Å². The lowest BCUT2D eigenvalue weighted by atomic mass is 10.0. The third kappa shape index (κ3) is 3.12. The van der Waals surface area contributed by atoms with Gasteiger partial charge in [-0.3, -0.25) is 0 Å². The maximum absolute atomic E-state index is 5.43. The Labute approximate surface area is 96.1 Å². The maximum atomic E-state index is 5.43. The largest absolute Gasteiger partial charge is 0.330 e. The summed E-state index contributed by atoms with van der Waals surface area (Å²) in [6.07, 6.45) is 5.84. The summed E-state index contributed by atoms with van der Waals surface area (Å²) < 4.78 is 0. The van der Waals surface area contributed by atoms with Gasteiger partial charge in [0.2, 0.25) is 0 Å². The van der Waals surface area contributed by atoms with E-state index in [1.807, 2.05) is 12.4 Å². The molecular weight excluding hydrogens is 212 g/mol. The molecule has 1 atom stereocenters. The van der Waals surface area contributed by atoms with E-state index in [1.165, 1.54) is 12.0 Å². The van der Waals surface area contributed by atoms with Crippen molar-refractivity contribution in [2.45, 2.75) is 18.8 Å². The van der Waals surface area contributed by atoms with Crippen LogP contribution in [0.5, 0.6) is 0 Å². The normalized spacial score (nSPS) is 19.9. The van der Waals surface area contributed by atoms with Crippen LogP contribution in [0.1, 0.15) is 23.7 Å². The molecule has 1 saturated heterocycles. The van der Waals surface area contributed by atoms with Crippen LogP contribution in [0.2, 0.25) is 0 Å². The van der Waals surface area contributed by atoms with E-state index in [4.69, 9.17) is 5.73 Å². The Morgan fingerprint density at radius 1 is 1.40 bits per heavy atom. The molecule has 5 heteroatoms. The predicted molar refractivity (Wildman–Crippen MR) is 62.3 cm³/mol. The summed E-state index contributed by atoms with van der Waals surface area (Å²) in [6, 6.07) is 0. The summed E-state index contributed by atoms with van der Waals surface area (Å²) in [4.78, 5) is 8.59. The van der Waals surface area contributed by atoms with E-state index in [1.54, 1.807) is 0 Å². The van der Waals surface area contributed by atoms with E-state index in [0.29, 0.717) is 12.5 Å². The number of nitrogens with two attached hydrogens (primary N) is 1. The van der Waals surface area contributed by atoms with Crippen molar-refractivity contribution >= 4 is 12.4 Å². The monoisotopic (exact) mass is 228 g/mol. The molecule has 4 nitrogen and oxygen atoms in total. The van der Waals surface area contributed by atoms with Crippen molar-refractivity contribution in [3.63, 3.8) is 0 Å². The molecule has 0 spiro atoms. The van der Waals surface area contributed by atoms with Crippen molar-refractivity contribution in [2.24, 2.45) is 5.73 Å². The van der Waals surface area contributed by atoms with Crippen molar-refractivity contribution < 1.29 is 0 Å². The summed E-state index contributed by atoms with van der Waals surface area (Å²) in [5.74, 6) is 1.45. The van der Waals surface area contributed by atoms with Gasteiger partial charge in [-0.25, -0.2) is 9.97 Å². The molecule has 0 bridgehead atoms. The first-order valence-electron chi connectivity index (χ1n) is 5.12. The number of hydrogen-bond donors (Lipinski definition) is 2. The highest BCUT2D eigenvalue weighted by molar-refractivity contribution is 5.85. The average molecular weight is 229 g/mol. The van der Waals surface area contributed by atoms with Gasteiger partial charge in [-0.1, -0.05) is 0 Å². The van der Waals surface area contributed by atoms with Gasteiger partial charge in [0.05, 0.1) is 0 Å². The van der Waals surface area contributed by atoms with Gasteiger partial charge in [0.1, 0.15) is 5.82 Å². The zero-order valence-electron chi connectivity index (χ0n) is 8.65. The summed E-state index contributed by atoms with van der Waals surface area (Å²) in [6.45, 7) is 2.78. The van der Waals surface area contributed by atoms with Crippen LogP contribution < -0.4 is 11.1 Å². The van der Waals surface area contributed by atoms with E-state index in [9.17, 15) is 0 Å². The standard InChI is InChI=1S/C10H16N4.ClH/c11-3-1-10-13-6-9(7-14-10)8-2-4-12-5-8;/h6-8,12H,1-5,11H2;1H. The number of nitrogens with one attached hydrogen (secondary N) is 1. The van der Waals surface area contributed by atoms with Crippen LogP contribution in [0.3, 0.4) is 0 Å². The van der Waals surface area contributed by atoms with E-state index >= 15 is 0 Å². The molecule has 84 valence electrons. The van der Waals surface area contributed by atoms with Gasteiger partial charge in [-0.2, -0.15) is 0 Å². The Balaban J connectivity index is 0.00000112. The second kappa shape index (κ2) is 6.00. The Hall–Kier alpha value is -0.710. The molecule has 0 radical (unpaired) electrons. The van der Waals surface area contributed by atoms with Crippen molar-refractivity contribution in [3.8, 4) is 0 Å². The Morgan fingerprint density at radius 2 is 2.13 bits per heavy atom. The average Bonchev–Trinajstić information content (AvgIpc) is 2.72. The molecular formula is C10H17ClN4. The second-order valence-electron chi connectivity index (χ2n) is 3.66. The third-order valence-electron chi connectivity index (χ3n) is 2.62. The lowest BCUT2D eigenvalue weighted by molar-refractivity contribution is 0.742. The Bertz CT molecular complexity index is 282. The minimum atomic E-state index is 0. The molecule has 0 aliphatic carbocycles. The molecule has 1 aliphatic rings. The van der Waals surface area contributed by atoms with Crippen LogP contribution in [0.15, 0.2) is 12.4 Å². The smallest absolute Gasteiger partial charge is 0.129 e. The molecule has 2 rings (SSSR count). The fraction of sp³-hybridized carbons (Fsp3) is 0.600. The van der Waals surface area contributed by atoms with Gasteiger partial charge in [-0.05, 0) is 25.1 Å². The van der Waals surface area contributed by atoms with Crippen LogP contribution in [-0.2, 0) is 6.42 Å². The number of halogens is 1. The van der Waals surface area contributed by atoms with Gasteiger partial charge >= 0.3 is 0 Å². The van der Waals surface area contributed by atoms with Crippen molar-refractivity contribution in [1.29, 1.82) is 0 Å². The zero-order valence-corrected chi connectivity index (χ0v) is 9.46. The molecule has 15 heavy (non-hydrogen) atoms. The van der Waals surface area contributed by atoms with E-state index in [0.717, 1.165) is 25.3 Å². The topological polar surface area (TPSA) is 63.8 Å². The fourth-order valence-electron chi connectivity index (χ4n) is 1.77. The van der Waals surface area contributed by atoms with Crippen molar-refractivity contribution in [1.82, 2.24) is 15.3 Å². The summed E-state index contributed by atoms with van der Waals surface area (Å²) in [5, 5.41) is 3.34. The first kappa shape index (κ1) is 12.4. The maximum Gasteiger partial charge on any atom is 0.129 e. The highest BCUT2D eigenvalue weighted by Gasteiger charge is 2.16. The minimum Gasteiger partial charge on any atom is -0.330 e. The zero-order chi connectivity index (χ0) is 9.80. The highest BCUT2D eigenvalue weighted by atomic mass is 35.5. The molecule has 2 heterocycles. The lowest BCUT2D eigenvalue weighted by Gasteiger charge is -2.07. The lowest BCUT2D eigenvalue weighted by Crippen LogP contribution is -2.10. The van der Waals surface area contributed by atoms with Gasteiger partial charge < -0.3 is 11.1 Å². The molecule has 0 aromatic carbocycles. The van der Waals surface area contributed by atoms with Gasteiger partial charge in [-0.15, -0.1) is 12.4 Å².